The molecule has 1 aliphatic rings. The van der Waals surface area contributed by atoms with E-state index in [0.717, 1.165) is 4.90 Å². The Morgan fingerprint density at radius 2 is 1.54 bits per heavy atom. The highest BCUT2D eigenvalue weighted by Gasteiger charge is 2.40. The first-order chi connectivity index (χ1) is 11.6. The number of para-hydroxylation sites is 1. The number of amides is 2. The summed E-state index contributed by atoms with van der Waals surface area (Å²) in [6.07, 6.45) is 0. The summed E-state index contributed by atoms with van der Waals surface area (Å²) in [5.41, 5.74) is 1.04. The number of nitrogens with zero attached hydrogens (tertiary/aromatic N) is 1. The molecule has 2 aromatic rings. The fourth-order valence-corrected chi connectivity index (χ4v) is 2.82. The van der Waals surface area contributed by atoms with E-state index in [1.165, 1.54) is 7.11 Å². The van der Waals surface area contributed by atoms with Gasteiger partial charge in [-0.15, -0.1) is 0 Å². The molecule has 0 unspecified atom stereocenters. The van der Waals surface area contributed by atoms with Crippen molar-refractivity contribution >= 4 is 34.7 Å². The number of carbonyl (C=O) groups excluding carboxylic acids is 2. The van der Waals surface area contributed by atoms with Crippen molar-refractivity contribution in [2.24, 2.45) is 0 Å². The van der Waals surface area contributed by atoms with Gasteiger partial charge in [-0.05, 0) is 30.3 Å². The largest absolute Gasteiger partial charge is 0.497 e. The fourth-order valence-electron chi connectivity index (χ4n) is 2.55. The maximum Gasteiger partial charge on any atom is 0.277 e. The molecule has 0 fully saturated rings. The van der Waals surface area contributed by atoms with Crippen LogP contribution in [0, 0.1) is 0 Å². The van der Waals surface area contributed by atoms with E-state index in [2.05, 4.69) is 0 Å². The summed E-state index contributed by atoms with van der Waals surface area (Å²) in [6.45, 7) is 0. The van der Waals surface area contributed by atoms with Crippen LogP contribution in [0.4, 0.5) is 5.69 Å². The number of hydrogen-bond acceptors (Lipinski definition) is 4. The Bertz CT molecular complexity index is 842. The van der Waals surface area contributed by atoms with Gasteiger partial charge in [0.1, 0.15) is 16.5 Å². The van der Waals surface area contributed by atoms with Gasteiger partial charge in [0.25, 0.3) is 11.8 Å². The first kappa shape index (κ1) is 16.1. The molecule has 3 rings (SSSR count). The summed E-state index contributed by atoms with van der Waals surface area (Å²) in [4.78, 5) is 26.4. The van der Waals surface area contributed by atoms with Crippen LogP contribution in [0.1, 0.15) is 5.56 Å². The number of benzene rings is 2. The Labute approximate surface area is 144 Å². The predicted molar refractivity (Wildman–Crippen MR) is 91.3 cm³/mol. The molecule has 6 heteroatoms. The molecule has 0 saturated carbocycles. The van der Waals surface area contributed by atoms with Gasteiger partial charge in [0.2, 0.25) is 0 Å². The first-order valence-corrected chi connectivity index (χ1v) is 7.52. The minimum absolute atomic E-state index is 0.125. The van der Waals surface area contributed by atoms with Crippen molar-refractivity contribution < 1.29 is 19.1 Å². The van der Waals surface area contributed by atoms with Crippen molar-refractivity contribution in [1.29, 1.82) is 0 Å². The third-order valence-electron chi connectivity index (χ3n) is 3.73. The van der Waals surface area contributed by atoms with E-state index in [1.54, 1.807) is 55.6 Å². The number of ether oxygens (including phenoxy) is 2. The number of halogens is 1. The number of carbonyl (C=O) groups is 2. The van der Waals surface area contributed by atoms with Crippen LogP contribution < -0.4 is 14.4 Å². The molecular formula is C18H14ClNO4. The molecule has 0 aromatic heterocycles. The zero-order valence-electron chi connectivity index (χ0n) is 13.1. The Morgan fingerprint density at radius 1 is 0.875 bits per heavy atom. The number of anilines is 1. The standard InChI is InChI=1S/C18H14ClNO4/c1-23-12-9-7-11(8-10-12)20-17(21)15(16(19)18(20)22)13-5-3-4-6-14(13)24-2/h3-10H,1-2H3. The number of methoxy groups -OCH3 is 2. The molecule has 24 heavy (non-hydrogen) atoms. The molecule has 2 aromatic carbocycles. The molecule has 122 valence electrons. The summed E-state index contributed by atoms with van der Waals surface area (Å²) in [5.74, 6) is 0.0534. The van der Waals surface area contributed by atoms with Crippen LogP contribution in [-0.2, 0) is 9.59 Å². The quantitative estimate of drug-likeness (QED) is 0.800. The van der Waals surface area contributed by atoms with Gasteiger partial charge >= 0.3 is 0 Å². The van der Waals surface area contributed by atoms with Crippen LogP contribution in [0.5, 0.6) is 11.5 Å². The Balaban J connectivity index is 2.04. The van der Waals surface area contributed by atoms with Crippen molar-refractivity contribution in [2.45, 2.75) is 0 Å². The van der Waals surface area contributed by atoms with Crippen molar-refractivity contribution in [1.82, 2.24) is 0 Å². The molecule has 0 N–H and O–H groups in total. The van der Waals surface area contributed by atoms with Crippen LogP contribution in [0.2, 0.25) is 0 Å². The van der Waals surface area contributed by atoms with Gasteiger partial charge in [0.05, 0.1) is 25.5 Å². The summed E-state index contributed by atoms with van der Waals surface area (Å²) < 4.78 is 10.4. The van der Waals surface area contributed by atoms with Gasteiger partial charge in [-0.25, -0.2) is 4.90 Å². The second-order valence-corrected chi connectivity index (χ2v) is 5.41. The number of hydrogen-bond donors (Lipinski definition) is 0. The summed E-state index contributed by atoms with van der Waals surface area (Å²) in [5, 5.41) is -0.125. The van der Waals surface area contributed by atoms with Crippen molar-refractivity contribution in [3.8, 4) is 11.5 Å². The summed E-state index contributed by atoms with van der Waals surface area (Å²) in [6, 6.07) is 13.5. The lowest BCUT2D eigenvalue weighted by molar-refractivity contribution is -0.119. The van der Waals surface area contributed by atoms with E-state index >= 15 is 0 Å². The lowest BCUT2D eigenvalue weighted by Crippen LogP contribution is -2.31. The molecular weight excluding hydrogens is 330 g/mol. The minimum atomic E-state index is -0.562. The zero-order chi connectivity index (χ0) is 17.3. The molecule has 5 nitrogen and oxygen atoms in total. The highest BCUT2D eigenvalue weighted by Crippen LogP contribution is 2.38. The average molecular weight is 344 g/mol. The molecule has 0 saturated heterocycles. The van der Waals surface area contributed by atoms with Gasteiger partial charge in [-0.1, -0.05) is 29.8 Å². The number of imide groups is 1. The molecule has 0 aliphatic carbocycles. The van der Waals surface area contributed by atoms with Gasteiger partial charge in [-0.2, -0.15) is 0 Å². The molecule has 0 spiro atoms. The van der Waals surface area contributed by atoms with Crippen molar-refractivity contribution in [3.05, 3.63) is 59.1 Å². The lowest BCUT2D eigenvalue weighted by atomic mass is 10.1. The first-order valence-electron chi connectivity index (χ1n) is 7.14. The van der Waals surface area contributed by atoms with E-state index in [1.807, 2.05) is 0 Å². The van der Waals surface area contributed by atoms with Gasteiger partial charge in [0.15, 0.2) is 0 Å². The topological polar surface area (TPSA) is 55.8 Å². The zero-order valence-corrected chi connectivity index (χ0v) is 13.8. The van der Waals surface area contributed by atoms with Crippen LogP contribution in [0.15, 0.2) is 53.6 Å². The molecule has 0 atom stereocenters. The maximum absolute atomic E-state index is 12.8. The van der Waals surface area contributed by atoms with Crippen molar-refractivity contribution in [2.75, 3.05) is 19.1 Å². The van der Waals surface area contributed by atoms with E-state index in [4.69, 9.17) is 21.1 Å². The molecule has 0 bridgehead atoms. The van der Waals surface area contributed by atoms with E-state index < -0.39 is 11.8 Å². The Morgan fingerprint density at radius 3 is 2.17 bits per heavy atom. The summed E-state index contributed by atoms with van der Waals surface area (Å²) >= 11 is 6.18. The lowest BCUT2D eigenvalue weighted by Gasteiger charge is -2.15. The van der Waals surface area contributed by atoms with Crippen LogP contribution in [0.3, 0.4) is 0 Å². The van der Waals surface area contributed by atoms with Crippen LogP contribution in [0.25, 0.3) is 5.57 Å². The normalized spacial score (nSPS) is 14.4. The fraction of sp³-hybridized carbons (Fsp3) is 0.111. The van der Waals surface area contributed by atoms with Gasteiger partial charge in [0, 0.05) is 5.56 Å². The van der Waals surface area contributed by atoms with E-state index in [0.29, 0.717) is 22.7 Å². The monoisotopic (exact) mass is 343 g/mol. The van der Waals surface area contributed by atoms with Crippen LogP contribution in [-0.4, -0.2) is 26.0 Å². The highest BCUT2D eigenvalue weighted by molar-refractivity contribution is 6.60. The van der Waals surface area contributed by atoms with Crippen LogP contribution >= 0.6 is 11.6 Å². The minimum Gasteiger partial charge on any atom is -0.497 e. The smallest absolute Gasteiger partial charge is 0.277 e. The SMILES string of the molecule is COc1ccc(N2C(=O)C(Cl)=C(c3ccccc3OC)C2=O)cc1. The predicted octanol–water partition coefficient (Wildman–Crippen LogP) is 3.23. The third-order valence-corrected chi connectivity index (χ3v) is 4.08. The summed E-state index contributed by atoms with van der Waals surface area (Å²) in [7, 11) is 3.04. The average Bonchev–Trinajstić information content (AvgIpc) is 2.84. The maximum atomic E-state index is 12.8. The molecule has 0 radical (unpaired) electrons. The highest BCUT2D eigenvalue weighted by atomic mass is 35.5. The second kappa shape index (κ2) is 6.37. The van der Waals surface area contributed by atoms with Gasteiger partial charge in [-0.3, -0.25) is 9.59 Å². The van der Waals surface area contributed by atoms with Crippen molar-refractivity contribution in [3.63, 3.8) is 0 Å². The van der Waals surface area contributed by atoms with E-state index in [-0.39, 0.29) is 10.6 Å². The molecule has 2 amide bonds. The third kappa shape index (κ3) is 2.53. The molecule has 1 heterocycles. The van der Waals surface area contributed by atoms with Gasteiger partial charge < -0.3 is 9.47 Å². The number of rotatable bonds is 4. The Hall–Kier alpha value is -2.79. The molecule has 1 aliphatic heterocycles. The van der Waals surface area contributed by atoms with E-state index in [9.17, 15) is 9.59 Å². The second-order valence-electron chi connectivity index (χ2n) is 5.03. The Kier molecular flexibility index (Phi) is 4.27.